The first-order valence-corrected chi connectivity index (χ1v) is 4.03. The fourth-order valence-electron chi connectivity index (χ4n) is 1.31. The molecule has 1 aromatic heterocycles. The third-order valence-electron chi connectivity index (χ3n) is 1.91. The quantitative estimate of drug-likeness (QED) is 0.670. The van der Waals surface area contributed by atoms with Gasteiger partial charge >= 0.3 is 5.69 Å². The van der Waals surface area contributed by atoms with Crippen molar-refractivity contribution in [2.24, 2.45) is 0 Å². The van der Waals surface area contributed by atoms with E-state index in [1.54, 1.807) is 0 Å². The van der Waals surface area contributed by atoms with E-state index in [0.29, 0.717) is 5.89 Å². The molecule has 0 bridgehead atoms. The van der Waals surface area contributed by atoms with Crippen LogP contribution in [0.2, 0.25) is 0 Å². The second-order valence-electron chi connectivity index (χ2n) is 2.81. The minimum Gasteiger partial charge on any atom is -0.368 e. The maximum atomic E-state index is 10.6. The molecule has 0 radical (unpaired) electrons. The number of rotatable bonds is 1. The van der Waals surface area contributed by atoms with Crippen LogP contribution in [-0.4, -0.2) is 16.7 Å². The smallest absolute Gasteiger partial charge is 0.368 e. The normalized spacial score (nSPS) is 24.2. The highest BCUT2D eigenvalue weighted by molar-refractivity contribution is 4.84. The molecule has 1 aliphatic heterocycles. The van der Waals surface area contributed by atoms with Crippen molar-refractivity contribution in [2.45, 2.75) is 25.4 Å². The summed E-state index contributed by atoms with van der Waals surface area (Å²) in [6, 6.07) is 0. The molecule has 1 N–H and O–H groups in total. The lowest BCUT2D eigenvalue weighted by Gasteiger charge is -2.18. The molecule has 1 atom stereocenters. The first-order chi connectivity index (χ1) is 5.86. The fourth-order valence-corrected chi connectivity index (χ4v) is 1.31. The van der Waals surface area contributed by atoms with Crippen LogP contribution < -0.4 is 5.69 Å². The van der Waals surface area contributed by atoms with Crippen molar-refractivity contribution in [3.05, 3.63) is 16.4 Å². The molecule has 0 saturated carbocycles. The zero-order valence-electron chi connectivity index (χ0n) is 6.58. The van der Waals surface area contributed by atoms with Gasteiger partial charge in [-0.3, -0.25) is 0 Å². The minimum absolute atomic E-state index is 0.127. The van der Waals surface area contributed by atoms with Gasteiger partial charge in [0.25, 0.3) is 5.89 Å². The molecule has 5 nitrogen and oxygen atoms in total. The summed E-state index contributed by atoms with van der Waals surface area (Å²) in [5, 5.41) is 2.14. The van der Waals surface area contributed by atoms with Crippen LogP contribution in [0.5, 0.6) is 0 Å². The summed E-state index contributed by atoms with van der Waals surface area (Å²) in [6.45, 7) is 0.723. The van der Waals surface area contributed by atoms with Gasteiger partial charge in [-0.25, -0.2) is 4.79 Å². The van der Waals surface area contributed by atoms with E-state index in [1.807, 2.05) is 0 Å². The third-order valence-corrected chi connectivity index (χ3v) is 1.91. The Morgan fingerprint density at radius 3 is 3.00 bits per heavy atom. The summed E-state index contributed by atoms with van der Waals surface area (Å²) in [5.41, 5.74) is -0.445. The summed E-state index contributed by atoms with van der Waals surface area (Å²) in [7, 11) is 0. The van der Waals surface area contributed by atoms with Crippen LogP contribution in [0.3, 0.4) is 0 Å². The van der Waals surface area contributed by atoms with Crippen molar-refractivity contribution < 1.29 is 9.26 Å². The van der Waals surface area contributed by atoms with Crippen LogP contribution in [0.15, 0.2) is 9.32 Å². The number of nitrogens with one attached hydrogen (secondary N) is 1. The second kappa shape index (κ2) is 3.10. The van der Waals surface area contributed by atoms with Crippen LogP contribution in [0, 0.1) is 0 Å². The second-order valence-corrected chi connectivity index (χ2v) is 2.81. The SMILES string of the molecule is O=c1nc(C2CCCCO2)o[nH]1. The molecule has 5 heteroatoms. The standard InChI is InChI=1S/C7H10N2O3/c10-7-8-6(12-9-7)5-3-1-2-4-11-5/h5H,1-4H2,(H,9,10). The van der Waals surface area contributed by atoms with Gasteiger partial charge in [0.05, 0.1) is 0 Å². The molecule has 1 aromatic rings. The Balaban J connectivity index is 2.13. The molecule has 66 valence electrons. The van der Waals surface area contributed by atoms with Gasteiger partial charge in [-0.1, -0.05) is 0 Å². The molecule has 2 heterocycles. The van der Waals surface area contributed by atoms with Gasteiger partial charge in [0.2, 0.25) is 0 Å². The lowest BCUT2D eigenvalue weighted by atomic mass is 10.1. The lowest BCUT2D eigenvalue weighted by molar-refractivity contribution is -0.00459. The van der Waals surface area contributed by atoms with Gasteiger partial charge in [-0.2, -0.15) is 10.1 Å². The number of nitrogens with zero attached hydrogens (tertiary/aromatic N) is 1. The van der Waals surface area contributed by atoms with Gasteiger partial charge in [0, 0.05) is 6.61 Å². The van der Waals surface area contributed by atoms with E-state index in [9.17, 15) is 4.79 Å². The van der Waals surface area contributed by atoms with Gasteiger partial charge in [0.15, 0.2) is 0 Å². The van der Waals surface area contributed by atoms with Gasteiger partial charge in [-0.05, 0) is 19.3 Å². The van der Waals surface area contributed by atoms with E-state index >= 15 is 0 Å². The van der Waals surface area contributed by atoms with Gasteiger partial charge < -0.3 is 9.26 Å². The highest BCUT2D eigenvalue weighted by Crippen LogP contribution is 2.24. The maximum Gasteiger partial charge on any atom is 0.377 e. The molecule has 1 fully saturated rings. The van der Waals surface area contributed by atoms with Crippen molar-refractivity contribution in [3.63, 3.8) is 0 Å². The van der Waals surface area contributed by atoms with Crippen LogP contribution in [-0.2, 0) is 4.74 Å². The predicted octanol–water partition coefficient (Wildman–Crippen LogP) is 0.604. The minimum atomic E-state index is -0.445. The first-order valence-electron chi connectivity index (χ1n) is 4.03. The molecule has 0 spiro atoms. The molecule has 0 aromatic carbocycles. The molecule has 0 aliphatic carbocycles. The number of aromatic nitrogens is 2. The average molecular weight is 170 g/mol. The largest absolute Gasteiger partial charge is 0.377 e. The van der Waals surface area contributed by atoms with E-state index in [0.717, 1.165) is 25.9 Å². The Hall–Kier alpha value is -1.10. The van der Waals surface area contributed by atoms with E-state index in [4.69, 9.17) is 9.26 Å². The number of H-pyrrole nitrogens is 1. The Morgan fingerprint density at radius 1 is 1.50 bits per heavy atom. The van der Waals surface area contributed by atoms with Crippen molar-refractivity contribution in [3.8, 4) is 0 Å². The Kier molecular flexibility index (Phi) is 1.95. The van der Waals surface area contributed by atoms with Crippen LogP contribution in [0.4, 0.5) is 0 Å². The molecule has 1 unspecified atom stereocenters. The van der Waals surface area contributed by atoms with Crippen molar-refractivity contribution in [1.82, 2.24) is 10.1 Å². The zero-order valence-corrected chi connectivity index (χ0v) is 6.58. The van der Waals surface area contributed by atoms with E-state index in [-0.39, 0.29) is 6.10 Å². The summed E-state index contributed by atoms with van der Waals surface area (Å²) < 4.78 is 10.2. The molecule has 1 aliphatic rings. The van der Waals surface area contributed by atoms with Crippen molar-refractivity contribution in [2.75, 3.05) is 6.61 Å². The monoisotopic (exact) mass is 170 g/mol. The Labute approximate surface area is 68.7 Å². The number of hydrogen-bond acceptors (Lipinski definition) is 4. The lowest BCUT2D eigenvalue weighted by Crippen LogP contribution is -2.13. The average Bonchev–Trinajstić information content (AvgIpc) is 2.54. The van der Waals surface area contributed by atoms with Crippen molar-refractivity contribution in [1.29, 1.82) is 0 Å². The van der Waals surface area contributed by atoms with E-state index < -0.39 is 5.69 Å². The molecule has 12 heavy (non-hydrogen) atoms. The number of aromatic amines is 1. The number of hydrogen-bond donors (Lipinski definition) is 1. The summed E-state index contributed by atoms with van der Waals surface area (Å²) in [5.74, 6) is 0.375. The number of ether oxygens (including phenoxy) is 1. The fraction of sp³-hybridized carbons (Fsp3) is 0.714. The maximum absolute atomic E-state index is 10.6. The highest BCUT2D eigenvalue weighted by atomic mass is 16.5. The molecular formula is C7H10N2O3. The Bertz CT molecular complexity index is 298. The Morgan fingerprint density at radius 2 is 2.42 bits per heavy atom. The van der Waals surface area contributed by atoms with Gasteiger partial charge in [-0.15, -0.1) is 0 Å². The highest BCUT2D eigenvalue weighted by Gasteiger charge is 2.20. The van der Waals surface area contributed by atoms with Crippen LogP contribution >= 0.6 is 0 Å². The van der Waals surface area contributed by atoms with Crippen LogP contribution in [0.1, 0.15) is 31.3 Å². The summed E-state index contributed by atoms with van der Waals surface area (Å²) >= 11 is 0. The summed E-state index contributed by atoms with van der Waals surface area (Å²) in [4.78, 5) is 14.2. The van der Waals surface area contributed by atoms with Crippen molar-refractivity contribution >= 4 is 0 Å². The first kappa shape index (κ1) is 7.54. The predicted molar refractivity (Wildman–Crippen MR) is 39.7 cm³/mol. The van der Waals surface area contributed by atoms with E-state index in [1.165, 1.54) is 0 Å². The molecule has 1 saturated heterocycles. The molecule has 0 amide bonds. The molecular weight excluding hydrogens is 160 g/mol. The zero-order chi connectivity index (χ0) is 8.39. The third kappa shape index (κ3) is 1.40. The van der Waals surface area contributed by atoms with Crippen LogP contribution in [0.25, 0.3) is 0 Å². The van der Waals surface area contributed by atoms with E-state index in [2.05, 4.69) is 10.1 Å². The summed E-state index contributed by atoms with van der Waals surface area (Å²) in [6.07, 6.45) is 2.93. The topological polar surface area (TPSA) is 68.1 Å². The molecule has 2 rings (SSSR count). The van der Waals surface area contributed by atoms with Gasteiger partial charge in [0.1, 0.15) is 6.10 Å².